The van der Waals surface area contributed by atoms with Gasteiger partial charge in [0.2, 0.25) is 5.91 Å². The molecule has 1 amide bonds. The number of hydrogen-bond donors (Lipinski definition) is 2. The molecule has 1 rings (SSSR count). The van der Waals surface area contributed by atoms with Crippen LogP contribution in [-0.2, 0) is 9.53 Å². The number of amides is 1. The molecule has 1 aliphatic rings. The number of nitrogens with two attached hydrogens (primary N) is 1. The van der Waals surface area contributed by atoms with E-state index in [1.165, 1.54) is 0 Å². The topological polar surface area (TPSA) is 67.6 Å². The minimum absolute atomic E-state index is 0.0962. The molecule has 106 valence electrons. The van der Waals surface area contributed by atoms with E-state index in [0.29, 0.717) is 25.6 Å². The molecule has 1 fully saturated rings. The van der Waals surface area contributed by atoms with Crippen LogP contribution in [0, 0.1) is 0 Å². The number of ether oxygens (including phenoxy) is 1. The first kappa shape index (κ1) is 15.4. The lowest BCUT2D eigenvalue weighted by atomic mass is 10.1. The van der Waals surface area contributed by atoms with E-state index in [2.05, 4.69) is 24.1 Å². The van der Waals surface area contributed by atoms with Crippen molar-refractivity contribution >= 4 is 5.91 Å². The molecule has 0 aromatic carbocycles. The molecule has 1 aliphatic carbocycles. The number of carbonyl (C=O) groups excluding carboxylic acids is 1. The first-order chi connectivity index (χ1) is 8.62. The maximum absolute atomic E-state index is 11.8. The molecule has 2 atom stereocenters. The summed E-state index contributed by atoms with van der Waals surface area (Å²) < 4.78 is 5.18. The van der Waals surface area contributed by atoms with Crippen molar-refractivity contribution in [2.75, 3.05) is 26.8 Å². The van der Waals surface area contributed by atoms with Gasteiger partial charge in [0, 0.05) is 38.2 Å². The van der Waals surface area contributed by atoms with Gasteiger partial charge in [-0.25, -0.2) is 0 Å². The molecule has 0 heterocycles. The maximum atomic E-state index is 11.8. The van der Waals surface area contributed by atoms with Crippen molar-refractivity contribution in [2.45, 2.75) is 51.2 Å². The maximum Gasteiger partial charge on any atom is 0.221 e. The Morgan fingerprint density at radius 1 is 1.56 bits per heavy atom. The van der Waals surface area contributed by atoms with Crippen LogP contribution in [0.4, 0.5) is 0 Å². The molecule has 0 aromatic heterocycles. The number of nitrogens with one attached hydrogen (secondary N) is 1. The van der Waals surface area contributed by atoms with E-state index in [4.69, 9.17) is 10.5 Å². The van der Waals surface area contributed by atoms with Gasteiger partial charge in [0.25, 0.3) is 0 Å². The Balaban J connectivity index is 2.46. The van der Waals surface area contributed by atoms with E-state index in [1.807, 2.05) is 0 Å². The summed E-state index contributed by atoms with van der Waals surface area (Å²) in [5.74, 6) is 0.121. The molecule has 5 heteroatoms. The van der Waals surface area contributed by atoms with Gasteiger partial charge in [0.05, 0.1) is 6.61 Å². The lowest BCUT2D eigenvalue weighted by Gasteiger charge is -2.34. The quantitative estimate of drug-likeness (QED) is 0.625. The Bertz CT molecular complexity index is 257. The number of nitrogens with zero attached hydrogens (tertiary/aromatic N) is 1. The fraction of sp³-hybridized carbons (Fsp3) is 0.923. The third kappa shape index (κ3) is 4.92. The molecular weight excluding hydrogens is 230 g/mol. The van der Waals surface area contributed by atoms with Crippen LogP contribution in [0.1, 0.15) is 33.1 Å². The van der Waals surface area contributed by atoms with Crippen molar-refractivity contribution in [3.05, 3.63) is 0 Å². The highest BCUT2D eigenvalue weighted by molar-refractivity contribution is 5.77. The number of likely N-dealkylation sites (N-methyl/N-ethyl adjacent to an activating group) is 1. The molecule has 0 aliphatic heterocycles. The predicted octanol–water partition coefficient (Wildman–Crippen LogP) is 0.339. The van der Waals surface area contributed by atoms with E-state index in [0.717, 1.165) is 19.4 Å². The normalized spacial score (nSPS) is 18.7. The number of hydrogen-bond acceptors (Lipinski definition) is 4. The summed E-state index contributed by atoms with van der Waals surface area (Å²) in [6.45, 7) is 6.24. The molecule has 1 saturated carbocycles. The predicted molar refractivity (Wildman–Crippen MR) is 72.3 cm³/mol. The molecule has 5 nitrogen and oxygen atoms in total. The van der Waals surface area contributed by atoms with Gasteiger partial charge in [-0.15, -0.1) is 0 Å². The van der Waals surface area contributed by atoms with E-state index >= 15 is 0 Å². The fourth-order valence-corrected chi connectivity index (χ4v) is 2.33. The first-order valence-corrected chi connectivity index (χ1v) is 6.86. The van der Waals surface area contributed by atoms with Crippen LogP contribution >= 0.6 is 0 Å². The monoisotopic (exact) mass is 257 g/mol. The van der Waals surface area contributed by atoms with Crippen LogP contribution < -0.4 is 11.1 Å². The lowest BCUT2D eigenvalue weighted by Crippen LogP contribution is -2.49. The first-order valence-electron chi connectivity index (χ1n) is 6.86. The van der Waals surface area contributed by atoms with Crippen molar-refractivity contribution in [2.24, 2.45) is 5.73 Å². The van der Waals surface area contributed by atoms with Crippen molar-refractivity contribution < 1.29 is 9.53 Å². The second-order valence-corrected chi connectivity index (χ2v) is 5.07. The molecule has 0 bridgehead atoms. The van der Waals surface area contributed by atoms with Gasteiger partial charge in [0.15, 0.2) is 0 Å². The second kappa shape index (κ2) is 7.71. The largest absolute Gasteiger partial charge is 0.383 e. The SMILES string of the molecule is CCN(C(C)COC)C(CN)CC(=O)NC1CC1. The van der Waals surface area contributed by atoms with Crippen LogP contribution in [0.3, 0.4) is 0 Å². The summed E-state index contributed by atoms with van der Waals surface area (Å²) >= 11 is 0. The minimum atomic E-state index is 0.0962. The average Bonchev–Trinajstić information content (AvgIpc) is 3.12. The molecule has 2 unspecified atom stereocenters. The minimum Gasteiger partial charge on any atom is -0.383 e. The zero-order valence-corrected chi connectivity index (χ0v) is 11.8. The number of carbonyl (C=O) groups is 1. The van der Waals surface area contributed by atoms with Gasteiger partial charge in [0.1, 0.15) is 0 Å². The van der Waals surface area contributed by atoms with E-state index in [-0.39, 0.29) is 18.0 Å². The van der Waals surface area contributed by atoms with Crippen LogP contribution in [0.15, 0.2) is 0 Å². The Kier molecular flexibility index (Phi) is 6.60. The van der Waals surface area contributed by atoms with Crippen molar-refractivity contribution in [1.29, 1.82) is 0 Å². The highest BCUT2D eigenvalue weighted by Gasteiger charge is 2.27. The van der Waals surface area contributed by atoms with Gasteiger partial charge in [-0.1, -0.05) is 6.92 Å². The molecular formula is C13H27N3O2. The second-order valence-electron chi connectivity index (χ2n) is 5.07. The Hall–Kier alpha value is -0.650. The third-order valence-electron chi connectivity index (χ3n) is 3.44. The Morgan fingerprint density at radius 2 is 2.22 bits per heavy atom. The highest BCUT2D eigenvalue weighted by atomic mass is 16.5. The summed E-state index contributed by atoms with van der Waals surface area (Å²) in [6.07, 6.45) is 2.72. The van der Waals surface area contributed by atoms with Crippen LogP contribution in [-0.4, -0.2) is 55.7 Å². The van der Waals surface area contributed by atoms with Crippen molar-refractivity contribution in [3.8, 4) is 0 Å². The molecule has 0 aromatic rings. The van der Waals surface area contributed by atoms with E-state index < -0.39 is 0 Å². The summed E-state index contributed by atoms with van der Waals surface area (Å²) in [5.41, 5.74) is 5.82. The van der Waals surface area contributed by atoms with Gasteiger partial charge in [-0.05, 0) is 26.3 Å². The van der Waals surface area contributed by atoms with Gasteiger partial charge in [-0.2, -0.15) is 0 Å². The Labute approximate surface area is 110 Å². The molecule has 0 spiro atoms. The lowest BCUT2D eigenvalue weighted by molar-refractivity contribution is -0.122. The zero-order chi connectivity index (χ0) is 13.5. The zero-order valence-electron chi connectivity index (χ0n) is 11.8. The summed E-state index contributed by atoms with van der Waals surface area (Å²) in [5, 5.41) is 3.02. The number of rotatable bonds is 9. The van der Waals surface area contributed by atoms with Crippen LogP contribution in [0.5, 0.6) is 0 Å². The average molecular weight is 257 g/mol. The Morgan fingerprint density at radius 3 is 2.67 bits per heavy atom. The molecule has 3 N–H and O–H groups in total. The van der Waals surface area contributed by atoms with Gasteiger partial charge >= 0.3 is 0 Å². The molecule has 0 saturated heterocycles. The van der Waals surface area contributed by atoms with Crippen LogP contribution in [0.25, 0.3) is 0 Å². The van der Waals surface area contributed by atoms with Gasteiger partial charge in [-0.3, -0.25) is 9.69 Å². The summed E-state index contributed by atoms with van der Waals surface area (Å²) in [7, 11) is 1.70. The van der Waals surface area contributed by atoms with Crippen molar-refractivity contribution in [1.82, 2.24) is 10.2 Å². The smallest absolute Gasteiger partial charge is 0.221 e. The van der Waals surface area contributed by atoms with E-state index in [9.17, 15) is 4.79 Å². The summed E-state index contributed by atoms with van der Waals surface area (Å²) in [4.78, 5) is 14.1. The standard InChI is InChI=1S/C13H27N3O2/c1-4-16(10(2)9-18-3)12(8-14)7-13(17)15-11-5-6-11/h10-12H,4-9,14H2,1-3H3,(H,15,17). The van der Waals surface area contributed by atoms with Crippen molar-refractivity contribution in [3.63, 3.8) is 0 Å². The number of methoxy groups -OCH3 is 1. The van der Waals surface area contributed by atoms with Crippen LogP contribution in [0.2, 0.25) is 0 Å². The molecule has 18 heavy (non-hydrogen) atoms. The highest BCUT2D eigenvalue weighted by Crippen LogP contribution is 2.19. The fourth-order valence-electron chi connectivity index (χ4n) is 2.33. The third-order valence-corrected chi connectivity index (χ3v) is 3.44. The molecule has 0 radical (unpaired) electrons. The van der Waals surface area contributed by atoms with Gasteiger partial charge < -0.3 is 15.8 Å². The van der Waals surface area contributed by atoms with E-state index in [1.54, 1.807) is 7.11 Å². The summed E-state index contributed by atoms with van der Waals surface area (Å²) in [6, 6.07) is 0.795.